The lowest BCUT2D eigenvalue weighted by Crippen LogP contribution is -2.39. The molecule has 76 valence electrons. The van der Waals surface area contributed by atoms with Gasteiger partial charge in [0.25, 0.3) is 0 Å². The Morgan fingerprint density at radius 3 is 2.86 bits per heavy atom. The Morgan fingerprint density at radius 2 is 2.29 bits per heavy atom. The number of benzene rings is 1. The first-order valence-electron chi connectivity index (χ1n) is 3.82. The van der Waals surface area contributed by atoms with Crippen molar-refractivity contribution < 1.29 is 4.39 Å². The predicted molar refractivity (Wildman–Crippen MR) is 58.2 cm³/mol. The van der Waals surface area contributed by atoms with E-state index in [9.17, 15) is 4.39 Å². The van der Waals surface area contributed by atoms with Crippen LogP contribution in [-0.2, 0) is 6.54 Å². The summed E-state index contributed by atoms with van der Waals surface area (Å²) in [5, 5.41) is 3.30. The molecule has 1 aromatic carbocycles. The zero-order chi connectivity index (χ0) is 10.6. The highest BCUT2D eigenvalue weighted by atomic mass is 35.5. The second-order valence-electron chi connectivity index (χ2n) is 2.53. The molecule has 0 fully saturated rings. The number of hydrazine groups is 1. The summed E-state index contributed by atoms with van der Waals surface area (Å²) in [5.41, 5.74) is 2.60. The fourth-order valence-electron chi connectivity index (χ4n) is 0.921. The van der Waals surface area contributed by atoms with Crippen molar-refractivity contribution in [2.24, 2.45) is 5.84 Å². The molecule has 4 N–H and O–H groups in total. The monoisotopic (exact) mass is 233 g/mol. The third-order valence-corrected chi connectivity index (χ3v) is 2.23. The van der Waals surface area contributed by atoms with Crippen LogP contribution in [0, 0.1) is 5.82 Å². The SMILES string of the molecule is NNC(=S)NCc1c(F)cccc1Cl. The molecule has 14 heavy (non-hydrogen) atoms. The van der Waals surface area contributed by atoms with Crippen molar-refractivity contribution in [3.8, 4) is 0 Å². The summed E-state index contributed by atoms with van der Waals surface area (Å²) in [5.74, 6) is 4.66. The van der Waals surface area contributed by atoms with E-state index in [1.807, 2.05) is 0 Å². The summed E-state index contributed by atoms with van der Waals surface area (Å²) in [6.45, 7) is 0.203. The number of rotatable bonds is 2. The molecule has 0 atom stereocenters. The smallest absolute Gasteiger partial charge is 0.180 e. The lowest BCUT2D eigenvalue weighted by atomic mass is 10.2. The van der Waals surface area contributed by atoms with Crippen LogP contribution in [0.25, 0.3) is 0 Å². The van der Waals surface area contributed by atoms with E-state index in [1.54, 1.807) is 12.1 Å². The second kappa shape index (κ2) is 5.09. The summed E-state index contributed by atoms with van der Waals surface area (Å²) in [6.07, 6.45) is 0. The predicted octanol–water partition coefficient (Wildman–Crippen LogP) is 1.32. The van der Waals surface area contributed by atoms with E-state index in [0.29, 0.717) is 10.6 Å². The van der Waals surface area contributed by atoms with Gasteiger partial charge in [-0.3, -0.25) is 0 Å². The second-order valence-corrected chi connectivity index (χ2v) is 3.34. The minimum absolute atomic E-state index is 0.203. The van der Waals surface area contributed by atoms with E-state index in [2.05, 4.69) is 10.7 Å². The molecule has 0 saturated carbocycles. The molecule has 0 bridgehead atoms. The van der Waals surface area contributed by atoms with Crippen molar-refractivity contribution in [2.75, 3.05) is 0 Å². The molecule has 1 rings (SSSR count). The molecule has 0 amide bonds. The molecular formula is C8H9ClFN3S. The lowest BCUT2D eigenvalue weighted by molar-refractivity contribution is 0.605. The van der Waals surface area contributed by atoms with Crippen LogP contribution in [0.2, 0.25) is 5.02 Å². The van der Waals surface area contributed by atoms with Gasteiger partial charge < -0.3 is 10.7 Å². The van der Waals surface area contributed by atoms with E-state index < -0.39 is 0 Å². The molecule has 0 unspecified atom stereocenters. The van der Waals surface area contributed by atoms with Crippen LogP contribution in [0.1, 0.15) is 5.56 Å². The highest BCUT2D eigenvalue weighted by Gasteiger charge is 2.06. The van der Waals surface area contributed by atoms with E-state index >= 15 is 0 Å². The minimum atomic E-state index is -0.371. The van der Waals surface area contributed by atoms with Crippen LogP contribution >= 0.6 is 23.8 Å². The first kappa shape index (κ1) is 11.2. The maximum absolute atomic E-state index is 13.2. The van der Waals surface area contributed by atoms with E-state index in [0.717, 1.165) is 0 Å². The van der Waals surface area contributed by atoms with Crippen molar-refractivity contribution in [1.29, 1.82) is 0 Å². The third-order valence-electron chi connectivity index (χ3n) is 1.62. The molecule has 6 heteroatoms. The van der Waals surface area contributed by atoms with Gasteiger partial charge in [-0.2, -0.15) is 0 Å². The third kappa shape index (κ3) is 2.80. The number of hydrogen-bond acceptors (Lipinski definition) is 2. The number of halogens is 2. The van der Waals surface area contributed by atoms with Gasteiger partial charge in [0, 0.05) is 17.1 Å². The molecule has 0 aliphatic heterocycles. The number of thiocarbonyl (C=S) groups is 1. The van der Waals surface area contributed by atoms with E-state index in [-0.39, 0.29) is 17.5 Å². The summed E-state index contributed by atoms with van der Waals surface area (Å²) >= 11 is 10.5. The number of hydrogen-bond donors (Lipinski definition) is 3. The van der Waals surface area contributed by atoms with E-state index in [1.165, 1.54) is 6.07 Å². The molecule has 0 radical (unpaired) electrons. The Morgan fingerprint density at radius 1 is 1.57 bits per heavy atom. The number of nitrogens with two attached hydrogens (primary N) is 1. The summed E-state index contributed by atoms with van der Waals surface area (Å²) in [6, 6.07) is 4.49. The van der Waals surface area contributed by atoms with Crippen molar-refractivity contribution in [1.82, 2.24) is 10.7 Å². The van der Waals surface area contributed by atoms with Crippen LogP contribution in [0.5, 0.6) is 0 Å². The van der Waals surface area contributed by atoms with Gasteiger partial charge in [-0.15, -0.1) is 0 Å². The quantitative estimate of drug-likeness (QED) is 0.410. The normalized spacial score (nSPS) is 9.64. The molecule has 0 spiro atoms. The first-order chi connectivity index (χ1) is 6.65. The van der Waals surface area contributed by atoms with Gasteiger partial charge in [0.15, 0.2) is 5.11 Å². The molecule has 0 aliphatic carbocycles. The molecule has 0 heterocycles. The molecular weight excluding hydrogens is 225 g/mol. The maximum atomic E-state index is 13.2. The van der Waals surface area contributed by atoms with Crippen molar-refractivity contribution >= 4 is 28.9 Å². The summed E-state index contributed by atoms with van der Waals surface area (Å²) in [7, 11) is 0. The lowest BCUT2D eigenvalue weighted by Gasteiger charge is -2.08. The van der Waals surface area contributed by atoms with Crippen LogP contribution in [0.15, 0.2) is 18.2 Å². The summed E-state index contributed by atoms with van der Waals surface area (Å²) in [4.78, 5) is 0. The van der Waals surface area contributed by atoms with Crippen molar-refractivity contribution in [2.45, 2.75) is 6.54 Å². The van der Waals surface area contributed by atoms with Crippen molar-refractivity contribution in [3.63, 3.8) is 0 Å². The Bertz CT molecular complexity index is 325. The van der Waals surface area contributed by atoms with Gasteiger partial charge in [-0.25, -0.2) is 10.2 Å². The Labute approximate surface area is 91.4 Å². The highest BCUT2D eigenvalue weighted by molar-refractivity contribution is 7.80. The molecule has 3 nitrogen and oxygen atoms in total. The van der Waals surface area contributed by atoms with Crippen LogP contribution < -0.4 is 16.6 Å². The molecule has 1 aromatic rings. The van der Waals surface area contributed by atoms with Crippen LogP contribution in [0.3, 0.4) is 0 Å². The van der Waals surface area contributed by atoms with Gasteiger partial charge in [0.1, 0.15) is 5.82 Å². The Hall–Kier alpha value is -0.910. The first-order valence-corrected chi connectivity index (χ1v) is 4.61. The minimum Gasteiger partial charge on any atom is -0.357 e. The fraction of sp³-hybridized carbons (Fsp3) is 0.125. The summed E-state index contributed by atoms with van der Waals surface area (Å²) < 4.78 is 13.2. The largest absolute Gasteiger partial charge is 0.357 e. The van der Waals surface area contributed by atoms with Crippen molar-refractivity contribution in [3.05, 3.63) is 34.6 Å². The average molecular weight is 234 g/mol. The van der Waals surface area contributed by atoms with Crippen LogP contribution in [-0.4, -0.2) is 5.11 Å². The average Bonchev–Trinajstić information content (AvgIpc) is 2.16. The molecule has 0 saturated heterocycles. The molecule has 0 aromatic heterocycles. The van der Waals surface area contributed by atoms with Gasteiger partial charge in [0.05, 0.1) is 0 Å². The standard InChI is InChI=1S/C8H9ClFN3S/c9-6-2-1-3-7(10)5(6)4-12-8(14)13-11/h1-3H,4,11H2,(H2,12,13,14). The Balaban J connectivity index is 2.71. The fourth-order valence-corrected chi connectivity index (χ4v) is 1.22. The van der Waals surface area contributed by atoms with E-state index in [4.69, 9.17) is 29.7 Å². The zero-order valence-corrected chi connectivity index (χ0v) is 8.75. The van der Waals surface area contributed by atoms with Gasteiger partial charge in [-0.1, -0.05) is 17.7 Å². The van der Waals surface area contributed by atoms with Crippen LogP contribution in [0.4, 0.5) is 4.39 Å². The van der Waals surface area contributed by atoms with Gasteiger partial charge in [-0.05, 0) is 24.4 Å². The maximum Gasteiger partial charge on any atom is 0.180 e. The van der Waals surface area contributed by atoms with Gasteiger partial charge in [0.2, 0.25) is 0 Å². The number of nitrogens with one attached hydrogen (secondary N) is 2. The Kier molecular flexibility index (Phi) is 4.06. The highest BCUT2D eigenvalue weighted by Crippen LogP contribution is 2.18. The molecule has 0 aliphatic rings. The van der Waals surface area contributed by atoms with Gasteiger partial charge >= 0.3 is 0 Å². The zero-order valence-electron chi connectivity index (χ0n) is 7.18. The topological polar surface area (TPSA) is 50.1 Å².